The molecule has 2 N–H and O–H groups in total. The van der Waals surface area contributed by atoms with Gasteiger partial charge >= 0.3 is 0 Å². The molecule has 0 amide bonds. The third-order valence-electron chi connectivity index (χ3n) is 2.89. The molecule has 4 heteroatoms. The van der Waals surface area contributed by atoms with Gasteiger partial charge in [-0.15, -0.1) is 0 Å². The van der Waals surface area contributed by atoms with E-state index in [1.807, 2.05) is 12.5 Å². The third-order valence-corrected chi connectivity index (χ3v) is 2.89. The van der Waals surface area contributed by atoms with Crippen molar-refractivity contribution in [2.24, 2.45) is 5.73 Å². The van der Waals surface area contributed by atoms with Gasteiger partial charge in [0.15, 0.2) is 0 Å². The molecule has 0 fully saturated rings. The van der Waals surface area contributed by atoms with Crippen molar-refractivity contribution < 1.29 is 4.74 Å². The summed E-state index contributed by atoms with van der Waals surface area (Å²) in [6.07, 6.45) is 6.88. The first kappa shape index (κ1) is 13.2. The summed E-state index contributed by atoms with van der Waals surface area (Å²) in [6.45, 7) is 4.99. The van der Waals surface area contributed by atoms with Gasteiger partial charge in [-0.25, -0.2) is 4.98 Å². The van der Waals surface area contributed by atoms with Crippen LogP contribution in [0.15, 0.2) is 12.5 Å². The Morgan fingerprint density at radius 3 is 2.81 bits per heavy atom. The van der Waals surface area contributed by atoms with E-state index in [2.05, 4.69) is 23.4 Å². The number of aromatic nitrogens is 2. The normalized spacial score (nSPS) is 15.0. The van der Waals surface area contributed by atoms with Crippen LogP contribution in [0.5, 0.6) is 0 Å². The van der Waals surface area contributed by atoms with Crippen LogP contribution in [0.4, 0.5) is 0 Å². The number of methoxy groups -OCH3 is 1. The molecule has 0 aliphatic carbocycles. The highest BCUT2D eigenvalue weighted by atomic mass is 16.5. The molecule has 2 atom stereocenters. The van der Waals surface area contributed by atoms with Gasteiger partial charge < -0.3 is 15.0 Å². The van der Waals surface area contributed by atoms with Gasteiger partial charge in [-0.2, -0.15) is 0 Å². The van der Waals surface area contributed by atoms with Gasteiger partial charge in [0.2, 0.25) is 0 Å². The van der Waals surface area contributed by atoms with Gasteiger partial charge in [-0.1, -0.05) is 20.3 Å². The van der Waals surface area contributed by atoms with Gasteiger partial charge in [-0.3, -0.25) is 0 Å². The first-order valence-corrected chi connectivity index (χ1v) is 6.00. The molecule has 1 aromatic heterocycles. The summed E-state index contributed by atoms with van der Waals surface area (Å²) < 4.78 is 7.43. The van der Waals surface area contributed by atoms with Crippen LogP contribution in [0.1, 0.15) is 50.9 Å². The summed E-state index contributed by atoms with van der Waals surface area (Å²) in [5, 5.41) is 0. The zero-order valence-corrected chi connectivity index (χ0v) is 10.5. The molecule has 92 valence electrons. The molecule has 1 heterocycles. The summed E-state index contributed by atoms with van der Waals surface area (Å²) in [7, 11) is 1.74. The molecular weight excluding hydrogens is 202 g/mol. The lowest BCUT2D eigenvalue weighted by atomic mass is 10.1. The highest BCUT2D eigenvalue weighted by Gasteiger charge is 2.16. The van der Waals surface area contributed by atoms with Gasteiger partial charge in [-0.05, 0) is 12.8 Å². The fraction of sp³-hybridized carbons (Fsp3) is 0.750. The molecule has 0 aliphatic heterocycles. The van der Waals surface area contributed by atoms with Crippen molar-refractivity contribution in [3.05, 3.63) is 18.2 Å². The molecule has 0 spiro atoms. The van der Waals surface area contributed by atoms with Gasteiger partial charge in [0.05, 0.1) is 24.7 Å². The Bertz CT molecular complexity index is 292. The molecule has 0 bridgehead atoms. The molecule has 16 heavy (non-hydrogen) atoms. The zero-order chi connectivity index (χ0) is 12.0. The predicted octanol–water partition coefficient (Wildman–Crippen LogP) is 2.28. The van der Waals surface area contributed by atoms with E-state index in [1.54, 1.807) is 7.11 Å². The number of hydrogen-bond acceptors (Lipinski definition) is 3. The summed E-state index contributed by atoms with van der Waals surface area (Å²) in [5.41, 5.74) is 7.18. The highest BCUT2D eigenvalue weighted by molar-refractivity contribution is 5.06. The Kier molecular flexibility index (Phi) is 5.49. The molecule has 0 saturated heterocycles. The molecule has 0 aliphatic rings. The summed E-state index contributed by atoms with van der Waals surface area (Å²) >= 11 is 0. The zero-order valence-electron chi connectivity index (χ0n) is 10.5. The summed E-state index contributed by atoms with van der Waals surface area (Å²) in [4.78, 5) is 4.20. The van der Waals surface area contributed by atoms with E-state index in [9.17, 15) is 0 Å². The average molecular weight is 225 g/mol. The van der Waals surface area contributed by atoms with Crippen LogP contribution in [-0.4, -0.2) is 23.3 Å². The van der Waals surface area contributed by atoms with E-state index in [-0.39, 0.29) is 6.04 Å². The molecule has 1 unspecified atom stereocenters. The first-order chi connectivity index (χ1) is 7.74. The smallest absolute Gasteiger partial charge is 0.0952 e. The minimum atomic E-state index is 0.0683. The van der Waals surface area contributed by atoms with E-state index in [4.69, 9.17) is 10.5 Å². The van der Waals surface area contributed by atoms with Crippen LogP contribution in [0.3, 0.4) is 0 Å². The monoisotopic (exact) mass is 225 g/mol. The Hall–Kier alpha value is -0.870. The maximum Gasteiger partial charge on any atom is 0.0952 e. The van der Waals surface area contributed by atoms with E-state index in [1.165, 1.54) is 0 Å². The Labute approximate surface area is 97.8 Å². The summed E-state index contributed by atoms with van der Waals surface area (Å²) in [5.74, 6) is 0. The second-order valence-corrected chi connectivity index (χ2v) is 4.14. The van der Waals surface area contributed by atoms with E-state index < -0.39 is 0 Å². The molecule has 1 aromatic rings. The van der Waals surface area contributed by atoms with Crippen LogP contribution in [-0.2, 0) is 4.74 Å². The molecule has 1 rings (SSSR count). The topological polar surface area (TPSA) is 53.1 Å². The van der Waals surface area contributed by atoms with Crippen LogP contribution in [0.2, 0.25) is 0 Å². The lowest BCUT2D eigenvalue weighted by Crippen LogP contribution is -2.20. The number of hydrogen-bond donors (Lipinski definition) is 1. The summed E-state index contributed by atoms with van der Waals surface area (Å²) in [6, 6.07) is 0.420. The van der Waals surface area contributed by atoms with E-state index >= 15 is 0 Å². The van der Waals surface area contributed by atoms with Crippen molar-refractivity contribution in [2.75, 3.05) is 13.7 Å². The standard InChI is InChI=1S/C12H23N3O/c1-4-6-10(8-16-3)15-9-14-7-12(15)11(13)5-2/h7,9-11H,4-6,8,13H2,1-3H3/t10?,11-/m1/s1. The van der Waals surface area contributed by atoms with Crippen LogP contribution in [0.25, 0.3) is 0 Å². The van der Waals surface area contributed by atoms with Gasteiger partial charge in [0, 0.05) is 19.3 Å². The predicted molar refractivity (Wildman–Crippen MR) is 65.3 cm³/mol. The Morgan fingerprint density at radius 2 is 2.25 bits per heavy atom. The molecule has 0 saturated carbocycles. The lowest BCUT2D eigenvalue weighted by molar-refractivity contribution is 0.148. The van der Waals surface area contributed by atoms with Crippen molar-refractivity contribution in [1.29, 1.82) is 0 Å². The van der Waals surface area contributed by atoms with E-state index in [0.29, 0.717) is 12.6 Å². The number of nitrogens with zero attached hydrogens (tertiary/aromatic N) is 2. The van der Waals surface area contributed by atoms with Crippen molar-refractivity contribution in [1.82, 2.24) is 9.55 Å². The number of rotatable bonds is 7. The largest absolute Gasteiger partial charge is 0.383 e. The van der Waals surface area contributed by atoms with Crippen LogP contribution >= 0.6 is 0 Å². The lowest BCUT2D eigenvalue weighted by Gasteiger charge is -2.21. The second-order valence-electron chi connectivity index (χ2n) is 4.14. The Balaban J connectivity index is 2.86. The van der Waals surface area contributed by atoms with Gasteiger partial charge in [0.25, 0.3) is 0 Å². The van der Waals surface area contributed by atoms with Crippen LogP contribution < -0.4 is 5.73 Å². The van der Waals surface area contributed by atoms with Crippen LogP contribution in [0, 0.1) is 0 Å². The van der Waals surface area contributed by atoms with Crippen molar-refractivity contribution in [3.63, 3.8) is 0 Å². The second kappa shape index (κ2) is 6.66. The fourth-order valence-corrected chi connectivity index (χ4v) is 1.94. The molecule has 0 radical (unpaired) electrons. The average Bonchev–Trinajstić information content (AvgIpc) is 2.76. The molecule has 4 nitrogen and oxygen atoms in total. The number of nitrogens with two attached hydrogens (primary N) is 1. The van der Waals surface area contributed by atoms with Crippen molar-refractivity contribution in [2.45, 2.75) is 45.2 Å². The first-order valence-electron chi connectivity index (χ1n) is 6.00. The maximum absolute atomic E-state index is 6.07. The number of ether oxygens (including phenoxy) is 1. The SMILES string of the molecule is CCCC(COC)n1cncc1[C@H](N)CC. The quantitative estimate of drug-likeness (QED) is 0.774. The minimum absolute atomic E-state index is 0.0683. The van der Waals surface area contributed by atoms with Crippen molar-refractivity contribution >= 4 is 0 Å². The maximum atomic E-state index is 6.07. The fourth-order valence-electron chi connectivity index (χ4n) is 1.94. The number of imidazole rings is 1. The minimum Gasteiger partial charge on any atom is -0.383 e. The highest BCUT2D eigenvalue weighted by Crippen LogP contribution is 2.21. The van der Waals surface area contributed by atoms with Crippen molar-refractivity contribution in [3.8, 4) is 0 Å². The molecule has 0 aromatic carbocycles. The molecular formula is C12H23N3O. The van der Waals surface area contributed by atoms with E-state index in [0.717, 1.165) is 25.0 Å². The van der Waals surface area contributed by atoms with Gasteiger partial charge in [0.1, 0.15) is 0 Å². The third kappa shape index (κ3) is 3.06. The Morgan fingerprint density at radius 1 is 1.50 bits per heavy atom.